The molecule has 0 unspecified atom stereocenters. The number of nitrogens with zero attached hydrogens (tertiary/aromatic N) is 2. The van der Waals surface area contributed by atoms with E-state index in [0.717, 1.165) is 48.8 Å². The summed E-state index contributed by atoms with van der Waals surface area (Å²) in [5, 5.41) is 10.3. The third-order valence-corrected chi connectivity index (χ3v) is 4.39. The summed E-state index contributed by atoms with van der Waals surface area (Å²) in [6.07, 6.45) is 3.22. The predicted octanol–water partition coefficient (Wildman–Crippen LogP) is 2.66. The minimum absolute atomic E-state index is 0.00112. The molecule has 0 atom stereocenters. The number of fused-ring (bicyclic) bond motifs is 1. The summed E-state index contributed by atoms with van der Waals surface area (Å²) in [5.41, 5.74) is 2.00. The van der Waals surface area contributed by atoms with Gasteiger partial charge in [-0.25, -0.2) is 4.79 Å². The number of hydrogen-bond acceptors (Lipinski definition) is 2. The Bertz CT molecular complexity index is 727. The molecule has 1 aromatic heterocycles. The van der Waals surface area contributed by atoms with Gasteiger partial charge in [-0.05, 0) is 43.9 Å². The minimum Gasteiger partial charge on any atom is -0.477 e. The zero-order chi connectivity index (χ0) is 15.7. The summed E-state index contributed by atoms with van der Waals surface area (Å²) < 4.78 is 1.63. The molecule has 116 valence electrons. The van der Waals surface area contributed by atoms with E-state index < -0.39 is 5.97 Å². The van der Waals surface area contributed by atoms with E-state index in [2.05, 4.69) is 0 Å². The lowest BCUT2D eigenvalue weighted by atomic mass is 10.1. The van der Waals surface area contributed by atoms with E-state index in [-0.39, 0.29) is 18.1 Å². The summed E-state index contributed by atoms with van der Waals surface area (Å²) in [5.74, 6) is -0.997. The Kier molecular flexibility index (Phi) is 3.88. The highest BCUT2D eigenvalue weighted by atomic mass is 16.4. The van der Waals surface area contributed by atoms with Gasteiger partial charge in [0.15, 0.2) is 0 Å². The fraction of sp³-hybridized carbons (Fsp3) is 0.412. The van der Waals surface area contributed by atoms with Crippen LogP contribution in [0.1, 0.15) is 35.3 Å². The van der Waals surface area contributed by atoms with Crippen LogP contribution in [0.3, 0.4) is 0 Å². The van der Waals surface area contributed by atoms with Crippen LogP contribution in [0.25, 0.3) is 10.9 Å². The van der Waals surface area contributed by atoms with Gasteiger partial charge in [-0.1, -0.05) is 12.1 Å². The number of rotatable bonds is 3. The van der Waals surface area contributed by atoms with Crippen LogP contribution >= 0.6 is 0 Å². The first-order chi connectivity index (χ1) is 10.6. The largest absolute Gasteiger partial charge is 0.477 e. The van der Waals surface area contributed by atoms with E-state index in [9.17, 15) is 14.7 Å². The average molecular weight is 300 g/mol. The number of carboxylic acid groups (broad SMARTS) is 1. The van der Waals surface area contributed by atoms with Crippen molar-refractivity contribution in [3.05, 3.63) is 35.5 Å². The Hall–Kier alpha value is -2.30. The molecular formula is C17H20N2O3. The number of carbonyl (C=O) groups excluding carboxylic acids is 1. The van der Waals surface area contributed by atoms with Gasteiger partial charge in [0.1, 0.15) is 12.2 Å². The third kappa shape index (κ3) is 2.58. The molecule has 5 heteroatoms. The Morgan fingerprint density at radius 1 is 1.18 bits per heavy atom. The first-order valence-electron chi connectivity index (χ1n) is 7.68. The summed E-state index contributed by atoms with van der Waals surface area (Å²) in [6.45, 7) is 3.60. The topological polar surface area (TPSA) is 62.5 Å². The van der Waals surface area contributed by atoms with E-state index >= 15 is 0 Å². The quantitative estimate of drug-likeness (QED) is 0.948. The smallest absolute Gasteiger partial charge is 0.352 e. The zero-order valence-electron chi connectivity index (χ0n) is 12.7. The second kappa shape index (κ2) is 5.83. The number of likely N-dealkylation sites (tertiary alicyclic amines) is 1. The van der Waals surface area contributed by atoms with Crippen molar-refractivity contribution in [2.75, 3.05) is 13.1 Å². The van der Waals surface area contributed by atoms with E-state index in [0.29, 0.717) is 0 Å². The van der Waals surface area contributed by atoms with Crippen LogP contribution in [0.2, 0.25) is 0 Å². The number of aromatic carboxylic acids is 1. The molecule has 0 spiro atoms. The highest BCUT2D eigenvalue weighted by Crippen LogP contribution is 2.24. The minimum atomic E-state index is -0.998. The summed E-state index contributed by atoms with van der Waals surface area (Å²) >= 11 is 0. The number of piperidine rings is 1. The van der Waals surface area contributed by atoms with Crippen molar-refractivity contribution < 1.29 is 14.7 Å². The molecule has 1 fully saturated rings. The lowest BCUT2D eigenvalue weighted by molar-refractivity contribution is -0.132. The normalized spacial score (nSPS) is 15.2. The second-order valence-electron chi connectivity index (χ2n) is 5.87. The van der Waals surface area contributed by atoms with Gasteiger partial charge in [0, 0.05) is 24.0 Å². The molecule has 1 saturated heterocycles. The average Bonchev–Trinajstić information content (AvgIpc) is 2.89. The Balaban J connectivity index is 1.98. The van der Waals surface area contributed by atoms with E-state index in [1.54, 1.807) is 10.6 Å². The van der Waals surface area contributed by atoms with Crippen LogP contribution in [-0.2, 0) is 11.3 Å². The predicted molar refractivity (Wildman–Crippen MR) is 84.1 cm³/mol. The molecule has 0 aliphatic carbocycles. The zero-order valence-corrected chi connectivity index (χ0v) is 12.7. The molecule has 3 rings (SSSR count). The molecular weight excluding hydrogens is 280 g/mol. The van der Waals surface area contributed by atoms with Crippen LogP contribution in [0.5, 0.6) is 0 Å². The summed E-state index contributed by atoms with van der Waals surface area (Å²) in [6, 6.07) is 7.38. The number of carbonyl (C=O) groups is 2. The maximum atomic E-state index is 12.5. The van der Waals surface area contributed by atoms with Gasteiger partial charge in [-0.3, -0.25) is 4.79 Å². The van der Waals surface area contributed by atoms with Gasteiger partial charge in [-0.2, -0.15) is 0 Å². The number of hydrogen-bond donors (Lipinski definition) is 1. The van der Waals surface area contributed by atoms with Crippen molar-refractivity contribution in [1.82, 2.24) is 9.47 Å². The van der Waals surface area contributed by atoms with Crippen LogP contribution in [0.15, 0.2) is 24.3 Å². The Morgan fingerprint density at radius 2 is 1.91 bits per heavy atom. The van der Waals surface area contributed by atoms with Crippen molar-refractivity contribution in [2.45, 2.75) is 32.7 Å². The van der Waals surface area contributed by atoms with Gasteiger partial charge in [0.25, 0.3) is 0 Å². The number of benzene rings is 1. The van der Waals surface area contributed by atoms with Crippen LogP contribution in [0.4, 0.5) is 0 Å². The van der Waals surface area contributed by atoms with Crippen molar-refractivity contribution in [2.24, 2.45) is 0 Å². The molecule has 2 heterocycles. The fourth-order valence-electron chi connectivity index (χ4n) is 3.16. The van der Waals surface area contributed by atoms with E-state index in [1.165, 1.54) is 0 Å². The Labute approximate surface area is 129 Å². The molecule has 5 nitrogen and oxygen atoms in total. The first kappa shape index (κ1) is 14.6. The Morgan fingerprint density at radius 3 is 2.59 bits per heavy atom. The van der Waals surface area contributed by atoms with Crippen LogP contribution in [-0.4, -0.2) is 39.5 Å². The second-order valence-corrected chi connectivity index (χ2v) is 5.87. The van der Waals surface area contributed by atoms with Crippen molar-refractivity contribution >= 4 is 22.8 Å². The van der Waals surface area contributed by atoms with Gasteiger partial charge in [-0.15, -0.1) is 0 Å². The number of carboxylic acids is 1. The monoisotopic (exact) mass is 300 g/mol. The molecule has 1 amide bonds. The first-order valence-corrected chi connectivity index (χ1v) is 7.68. The maximum absolute atomic E-state index is 12.5. The molecule has 0 bridgehead atoms. The van der Waals surface area contributed by atoms with E-state index in [4.69, 9.17) is 0 Å². The highest BCUT2D eigenvalue weighted by molar-refractivity contribution is 5.97. The lowest BCUT2D eigenvalue weighted by Gasteiger charge is -2.27. The van der Waals surface area contributed by atoms with Crippen LogP contribution < -0.4 is 0 Å². The summed E-state index contributed by atoms with van der Waals surface area (Å²) in [4.78, 5) is 25.8. The lowest BCUT2D eigenvalue weighted by Crippen LogP contribution is -2.38. The number of aromatic nitrogens is 1. The number of aryl methyl sites for hydroxylation is 1. The molecule has 1 aromatic carbocycles. The number of amides is 1. The molecule has 1 N–H and O–H groups in total. The van der Waals surface area contributed by atoms with Crippen molar-refractivity contribution in [3.63, 3.8) is 0 Å². The molecule has 1 aliphatic rings. The fourth-order valence-corrected chi connectivity index (χ4v) is 3.16. The van der Waals surface area contributed by atoms with Crippen molar-refractivity contribution in [1.29, 1.82) is 0 Å². The third-order valence-electron chi connectivity index (χ3n) is 4.39. The van der Waals surface area contributed by atoms with Gasteiger partial charge in [0.2, 0.25) is 5.91 Å². The van der Waals surface area contributed by atoms with E-state index in [1.807, 2.05) is 30.0 Å². The maximum Gasteiger partial charge on any atom is 0.352 e. The SMILES string of the molecule is Cc1cccc2c1cc(C(=O)O)n2CC(=O)N1CCCCC1. The van der Waals surface area contributed by atoms with Gasteiger partial charge < -0.3 is 14.6 Å². The van der Waals surface area contributed by atoms with Crippen molar-refractivity contribution in [3.8, 4) is 0 Å². The van der Waals surface area contributed by atoms with Gasteiger partial charge in [0.05, 0.1) is 0 Å². The molecule has 1 aliphatic heterocycles. The molecule has 0 radical (unpaired) electrons. The van der Waals surface area contributed by atoms with Gasteiger partial charge >= 0.3 is 5.97 Å². The standard InChI is InChI=1S/C17H20N2O3/c1-12-6-5-7-14-13(12)10-15(17(21)22)19(14)11-16(20)18-8-3-2-4-9-18/h5-7,10H,2-4,8-9,11H2,1H3,(H,21,22). The molecule has 22 heavy (non-hydrogen) atoms. The van der Waals surface area contributed by atoms with Crippen LogP contribution in [0, 0.1) is 6.92 Å². The molecule has 2 aromatic rings. The molecule has 0 saturated carbocycles. The highest BCUT2D eigenvalue weighted by Gasteiger charge is 2.21. The summed E-state index contributed by atoms with van der Waals surface area (Å²) in [7, 11) is 0.